The predicted octanol–water partition coefficient (Wildman–Crippen LogP) is 3.05. The van der Waals surface area contributed by atoms with Gasteiger partial charge in [0.2, 0.25) is 5.56 Å². The number of hydrogen-bond acceptors (Lipinski definition) is 2. The van der Waals surface area contributed by atoms with E-state index in [1.165, 1.54) is 12.1 Å². The molecule has 2 aromatic rings. The Morgan fingerprint density at radius 3 is 2.50 bits per heavy atom. The molecule has 0 atom stereocenters. The minimum absolute atomic E-state index is 0.216. The summed E-state index contributed by atoms with van der Waals surface area (Å²) in [6.07, 6.45) is 0. The molecule has 0 bridgehead atoms. The molecule has 0 unspecified atom stereocenters. The van der Waals surface area contributed by atoms with Crippen molar-refractivity contribution in [3.05, 3.63) is 56.4 Å². The number of benzene rings is 1. The van der Waals surface area contributed by atoms with E-state index in [4.69, 9.17) is 28.3 Å². The van der Waals surface area contributed by atoms with Crippen LogP contribution in [0.2, 0.25) is 10.0 Å². The number of pyridine rings is 1. The molecule has 4 nitrogen and oxygen atoms in total. The monoisotopic (exact) mass is 283 g/mol. The molecule has 0 fully saturated rings. The van der Waals surface area contributed by atoms with Gasteiger partial charge in [-0.15, -0.1) is 0 Å². The Bertz CT molecular complexity index is 679. The number of H-pyrrole nitrogens is 1. The zero-order valence-electron chi connectivity index (χ0n) is 8.91. The summed E-state index contributed by atoms with van der Waals surface area (Å²) in [4.78, 5) is 24.5. The van der Waals surface area contributed by atoms with Gasteiger partial charge in [-0.25, -0.2) is 4.79 Å². The molecule has 18 heavy (non-hydrogen) atoms. The molecule has 0 aliphatic heterocycles. The molecular formula is C12H7Cl2NO3. The Balaban J connectivity index is 2.75. The lowest BCUT2D eigenvalue weighted by molar-refractivity contribution is 0.0691. The molecule has 0 saturated heterocycles. The largest absolute Gasteiger partial charge is 0.477 e. The van der Waals surface area contributed by atoms with E-state index in [0.29, 0.717) is 16.1 Å². The number of aromatic amines is 1. The zero-order chi connectivity index (χ0) is 13.3. The van der Waals surface area contributed by atoms with E-state index in [-0.39, 0.29) is 10.7 Å². The first-order valence-corrected chi connectivity index (χ1v) is 5.67. The molecular weight excluding hydrogens is 277 g/mol. The van der Waals surface area contributed by atoms with Crippen LogP contribution in [0.3, 0.4) is 0 Å². The minimum atomic E-state index is -1.24. The summed E-state index contributed by atoms with van der Waals surface area (Å²) in [5, 5.41) is 9.63. The third-order valence-electron chi connectivity index (χ3n) is 2.37. The fourth-order valence-corrected chi connectivity index (χ4v) is 1.98. The highest BCUT2D eigenvalue weighted by molar-refractivity contribution is 6.43. The van der Waals surface area contributed by atoms with E-state index in [1.807, 2.05) is 0 Å². The number of hydrogen-bond donors (Lipinski definition) is 2. The molecule has 2 rings (SSSR count). The van der Waals surface area contributed by atoms with Crippen LogP contribution in [-0.2, 0) is 0 Å². The standard InChI is InChI=1S/C12H7Cl2NO3/c13-8-3-1-2-6(10(8)14)7-4-5-9(16)15-11(7)12(17)18/h1-5H,(H,15,16)(H,17,18). The predicted molar refractivity (Wildman–Crippen MR) is 69.5 cm³/mol. The Kier molecular flexibility index (Phi) is 3.41. The lowest BCUT2D eigenvalue weighted by Crippen LogP contribution is -2.13. The van der Waals surface area contributed by atoms with Crippen LogP contribution in [0.15, 0.2) is 35.1 Å². The maximum absolute atomic E-state index is 11.2. The zero-order valence-corrected chi connectivity index (χ0v) is 10.4. The molecule has 0 amide bonds. The topological polar surface area (TPSA) is 70.2 Å². The van der Waals surface area contributed by atoms with Gasteiger partial charge in [0.05, 0.1) is 10.0 Å². The van der Waals surface area contributed by atoms with Crippen molar-refractivity contribution in [1.29, 1.82) is 0 Å². The summed E-state index contributed by atoms with van der Waals surface area (Å²) in [7, 11) is 0. The van der Waals surface area contributed by atoms with E-state index in [2.05, 4.69) is 4.98 Å². The van der Waals surface area contributed by atoms with Crippen LogP contribution in [0, 0.1) is 0 Å². The summed E-state index contributed by atoms with van der Waals surface area (Å²) >= 11 is 11.9. The average Bonchev–Trinajstić information content (AvgIpc) is 2.33. The van der Waals surface area contributed by atoms with Gasteiger partial charge >= 0.3 is 5.97 Å². The average molecular weight is 284 g/mol. The Morgan fingerprint density at radius 2 is 1.83 bits per heavy atom. The smallest absolute Gasteiger partial charge is 0.353 e. The number of rotatable bonds is 2. The molecule has 1 aromatic carbocycles. The highest BCUT2D eigenvalue weighted by atomic mass is 35.5. The number of aromatic nitrogens is 1. The summed E-state index contributed by atoms with van der Waals surface area (Å²) in [6, 6.07) is 7.52. The van der Waals surface area contributed by atoms with Crippen molar-refractivity contribution in [2.24, 2.45) is 0 Å². The summed E-state index contributed by atoms with van der Waals surface area (Å²) in [6.45, 7) is 0. The van der Waals surface area contributed by atoms with Gasteiger partial charge in [-0.05, 0) is 12.1 Å². The number of carboxylic acid groups (broad SMARTS) is 1. The second-order valence-corrected chi connectivity index (χ2v) is 4.30. The molecule has 1 aromatic heterocycles. The molecule has 92 valence electrons. The third-order valence-corrected chi connectivity index (χ3v) is 3.19. The van der Waals surface area contributed by atoms with Gasteiger partial charge in [-0.3, -0.25) is 4.79 Å². The SMILES string of the molecule is O=C(O)c1[nH]c(=O)ccc1-c1cccc(Cl)c1Cl. The van der Waals surface area contributed by atoms with Crippen molar-refractivity contribution in [3.63, 3.8) is 0 Å². The Labute approximate surface area is 112 Å². The summed E-state index contributed by atoms with van der Waals surface area (Å²) < 4.78 is 0. The van der Waals surface area contributed by atoms with Gasteiger partial charge in [0.25, 0.3) is 0 Å². The van der Waals surface area contributed by atoms with E-state index >= 15 is 0 Å². The van der Waals surface area contributed by atoms with Crippen molar-refractivity contribution in [1.82, 2.24) is 4.98 Å². The van der Waals surface area contributed by atoms with E-state index in [1.54, 1.807) is 18.2 Å². The highest BCUT2D eigenvalue weighted by Gasteiger charge is 2.16. The quantitative estimate of drug-likeness (QED) is 0.890. The molecule has 1 heterocycles. The molecule has 6 heteroatoms. The van der Waals surface area contributed by atoms with Crippen LogP contribution in [0.4, 0.5) is 0 Å². The first kappa shape index (κ1) is 12.7. The van der Waals surface area contributed by atoms with Gasteiger partial charge in [0.15, 0.2) is 0 Å². The number of carboxylic acids is 1. The number of carbonyl (C=O) groups is 1. The first-order chi connectivity index (χ1) is 8.50. The van der Waals surface area contributed by atoms with E-state index < -0.39 is 11.5 Å². The van der Waals surface area contributed by atoms with Gasteiger partial charge in [0, 0.05) is 17.2 Å². The molecule has 0 aliphatic rings. The van der Waals surface area contributed by atoms with Crippen LogP contribution >= 0.6 is 23.2 Å². The van der Waals surface area contributed by atoms with Crippen LogP contribution in [-0.4, -0.2) is 16.1 Å². The van der Waals surface area contributed by atoms with Crippen LogP contribution in [0.1, 0.15) is 10.5 Å². The Morgan fingerprint density at radius 1 is 1.11 bits per heavy atom. The van der Waals surface area contributed by atoms with Gasteiger partial charge in [-0.1, -0.05) is 35.3 Å². The molecule has 0 spiro atoms. The number of halogens is 2. The lowest BCUT2D eigenvalue weighted by Gasteiger charge is -2.08. The van der Waals surface area contributed by atoms with Crippen molar-refractivity contribution >= 4 is 29.2 Å². The van der Waals surface area contributed by atoms with Crippen LogP contribution in [0.5, 0.6) is 0 Å². The van der Waals surface area contributed by atoms with Gasteiger partial charge in [0.1, 0.15) is 5.69 Å². The first-order valence-electron chi connectivity index (χ1n) is 4.91. The molecule has 0 aliphatic carbocycles. The van der Waals surface area contributed by atoms with Gasteiger partial charge < -0.3 is 10.1 Å². The van der Waals surface area contributed by atoms with Crippen LogP contribution < -0.4 is 5.56 Å². The van der Waals surface area contributed by atoms with Crippen molar-refractivity contribution in [2.45, 2.75) is 0 Å². The fourth-order valence-electron chi connectivity index (χ4n) is 1.58. The normalized spacial score (nSPS) is 10.3. The number of aromatic carboxylic acids is 1. The number of nitrogens with one attached hydrogen (secondary N) is 1. The summed E-state index contributed by atoms with van der Waals surface area (Å²) in [5.74, 6) is -1.24. The summed E-state index contributed by atoms with van der Waals surface area (Å²) in [5.41, 5.74) is 0.0633. The maximum atomic E-state index is 11.2. The molecule has 2 N–H and O–H groups in total. The Hall–Kier alpha value is -1.78. The van der Waals surface area contributed by atoms with Crippen molar-refractivity contribution < 1.29 is 9.90 Å². The minimum Gasteiger partial charge on any atom is -0.477 e. The van der Waals surface area contributed by atoms with E-state index in [0.717, 1.165) is 0 Å². The van der Waals surface area contributed by atoms with Crippen molar-refractivity contribution in [2.75, 3.05) is 0 Å². The van der Waals surface area contributed by atoms with Gasteiger partial charge in [-0.2, -0.15) is 0 Å². The maximum Gasteiger partial charge on any atom is 0.353 e. The lowest BCUT2D eigenvalue weighted by atomic mass is 10.0. The second kappa shape index (κ2) is 4.84. The second-order valence-electron chi connectivity index (χ2n) is 3.52. The van der Waals surface area contributed by atoms with Crippen molar-refractivity contribution in [3.8, 4) is 11.1 Å². The molecule has 0 radical (unpaired) electrons. The third kappa shape index (κ3) is 2.25. The van der Waals surface area contributed by atoms with E-state index in [9.17, 15) is 9.59 Å². The van der Waals surface area contributed by atoms with Crippen LogP contribution in [0.25, 0.3) is 11.1 Å². The molecule has 0 saturated carbocycles. The fraction of sp³-hybridized carbons (Fsp3) is 0. The highest BCUT2D eigenvalue weighted by Crippen LogP contribution is 2.34.